The largest absolute Gasteiger partial charge is 0.257 e. The molecule has 0 spiro atoms. The summed E-state index contributed by atoms with van der Waals surface area (Å²) in [7, 11) is 0. The molecule has 0 saturated carbocycles. The molecule has 1 heterocycles. The van der Waals surface area contributed by atoms with E-state index in [2.05, 4.69) is 16.9 Å². The molecule has 0 aromatic carbocycles. The third-order valence-electron chi connectivity index (χ3n) is 2.07. The molecule has 1 aromatic rings. The summed E-state index contributed by atoms with van der Waals surface area (Å²) in [4.78, 5) is 8.51. The molecule has 0 atom stereocenters. The van der Waals surface area contributed by atoms with E-state index in [-0.39, 0.29) is 0 Å². The zero-order valence-electron chi connectivity index (χ0n) is 8.99. The van der Waals surface area contributed by atoms with Crippen molar-refractivity contribution in [3.63, 3.8) is 0 Å². The Morgan fingerprint density at radius 2 is 1.93 bits per heavy atom. The highest BCUT2D eigenvalue weighted by Gasteiger charge is 1.99. The second-order valence-electron chi connectivity index (χ2n) is 3.36. The lowest BCUT2D eigenvalue weighted by Crippen LogP contribution is -1.90. The van der Waals surface area contributed by atoms with Crippen molar-refractivity contribution in [2.45, 2.75) is 44.6 Å². The lowest BCUT2D eigenvalue weighted by Gasteiger charge is -2.02. The number of rotatable bonds is 6. The van der Waals surface area contributed by atoms with Crippen LogP contribution in [0.5, 0.6) is 0 Å². The van der Waals surface area contributed by atoms with E-state index >= 15 is 0 Å². The maximum absolute atomic E-state index is 4.30. The van der Waals surface area contributed by atoms with E-state index in [9.17, 15) is 0 Å². The molecule has 1 aromatic heterocycles. The highest BCUT2D eigenvalue weighted by molar-refractivity contribution is 7.99. The van der Waals surface area contributed by atoms with Crippen molar-refractivity contribution >= 4 is 11.8 Å². The van der Waals surface area contributed by atoms with Crippen LogP contribution in [0.2, 0.25) is 0 Å². The minimum atomic E-state index is 1.05. The van der Waals surface area contributed by atoms with Gasteiger partial charge in [-0.15, -0.1) is 11.8 Å². The quantitative estimate of drug-likeness (QED) is 0.531. The van der Waals surface area contributed by atoms with Crippen molar-refractivity contribution in [1.82, 2.24) is 9.97 Å². The number of hydrogen-bond donors (Lipinski definition) is 0. The lowest BCUT2D eigenvalue weighted by atomic mass is 10.2. The van der Waals surface area contributed by atoms with Crippen molar-refractivity contribution in [1.29, 1.82) is 0 Å². The standard InChI is InChI=1S/C11H18N2S/c1-3-4-5-6-9-14-11-10(2)12-7-8-13-11/h7-8H,3-6,9H2,1-2H3. The van der Waals surface area contributed by atoms with Crippen LogP contribution in [0.1, 0.15) is 38.3 Å². The van der Waals surface area contributed by atoms with Gasteiger partial charge in [0.2, 0.25) is 0 Å². The maximum Gasteiger partial charge on any atom is 0.117 e. The second-order valence-corrected chi connectivity index (χ2v) is 4.44. The van der Waals surface area contributed by atoms with Crippen molar-refractivity contribution < 1.29 is 0 Å². The minimum absolute atomic E-state index is 1.05. The van der Waals surface area contributed by atoms with Gasteiger partial charge in [0.15, 0.2) is 0 Å². The Labute approximate surface area is 90.5 Å². The van der Waals surface area contributed by atoms with Gasteiger partial charge in [-0.2, -0.15) is 0 Å². The van der Waals surface area contributed by atoms with Gasteiger partial charge in [0.05, 0.1) is 5.69 Å². The minimum Gasteiger partial charge on any atom is -0.257 e. The molecule has 78 valence electrons. The highest BCUT2D eigenvalue weighted by Crippen LogP contribution is 2.19. The predicted octanol–water partition coefficient (Wildman–Crippen LogP) is 3.46. The molecule has 0 N–H and O–H groups in total. The fourth-order valence-electron chi connectivity index (χ4n) is 1.23. The third kappa shape index (κ3) is 4.09. The summed E-state index contributed by atoms with van der Waals surface area (Å²) < 4.78 is 0. The van der Waals surface area contributed by atoms with Gasteiger partial charge in [-0.05, 0) is 19.1 Å². The molecular weight excluding hydrogens is 192 g/mol. The van der Waals surface area contributed by atoms with E-state index in [4.69, 9.17) is 0 Å². The third-order valence-corrected chi connectivity index (χ3v) is 3.24. The van der Waals surface area contributed by atoms with Crippen LogP contribution in [0.4, 0.5) is 0 Å². The summed E-state index contributed by atoms with van der Waals surface area (Å²) in [5, 5.41) is 1.09. The fourth-order valence-corrected chi connectivity index (χ4v) is 2.17. The number of aryl methyl sites for hydroxylation is 1. The van der Waals surface area contributed by atoms with Gasteiger partial charge in [-0.1, -0.05) is 26.2 Å². The van der Waals surface area contributed by atoms with E-state index in [1.807, 2.05) is 18.7 Å². The lowest BCUT2D eigenvalue weighted by molar-refractivity contribution is 0.706. The van der Waals surface area contributed by atoms with Crippen molar-refractivity contribution in [2.24, 2.45) is 0 Å². The average molecular weight is 210 g/mol. The van der Waals surface area contributed by atoms with E-state index < -0.39 is 0 Å². The first-order chi connectivity index (χ1) is 6.84. The van der Waals surface area contributed by atoms with E-state index in [1.165, 1.54) is 31.4 Å². The van der Waals surface area contributed by atoms with Crippen LogP contribution >= 0.6 is 11.8 Å². The smallest absolute Gasteiger partial charge is 0.117 e. The first kappa shape index (κ1) is 11.5. The normalized spacial score (nSPS) is 10.4. The Balaban J connectivity index is 2.21. The van der Waals surface area contributed by atoms with Gasteiger partial charge >= 0.3 is 0 Å². The van der Waals surface area contributed by atoms with Gasteiger partial charge in [0.1, 0.15) is 5.03 Å². The SMILES string of the molecule is CCCCCCSc1nccnc1C. The molecule has 0 aliphatic rings. The monoisotopic (exact) mass is 210 g/mol. The first-order valence-corrected chi connectivity index (χ1v) is 6.23. The molecule has 0 radical (unpaired) electrons. The van der Waals surface area contributed by atoms with E-state index in [1.54, 1.807) is 12.4 Å². The van der Waals surface area contributed by atoms with Crippen LogP contribution in [-0.4, -0.2) is 15.7 Å². The molecule has 3 heteroatoms. The van der Waals surface area contributed by atoms with Gasteiger partial charge in [-0.3, -0.25) is 4.98 Å². The van der Waals surface area contributed by atoms with E-state index in [0.717, 1.165) is 10.7 Å². The second kappa shape index (κ2) is 6.82. The Bertz CT molecular complexity index is 263. The molecule has 0 aliphatic carbocycles. The molecule has 0 bridgehead atoms. The summed E-state index contributed by atoms with van der Waals surface area (Å²) in [6, 6.07) is 0. The van der Waals surface area contributed by atoms with Crippen LogP contribution in [0.15, 0.2) is 17.4 Å². The van der Waals surface area contributed by atoms with Crippen LogP contribution in [0, 0.1) is 6.92 Å². The number of hydrogen-bond acceptors (Lipinski definition) is 3. The summed E-state index contributed by atoms with van der Waals surface area (Å²) in [6.07, 6.45) is 8.78. The molecule has 0 fully saturated rings. The zero-order valence-corrected chi connectivity index (χ0v) is 9.81. The van der Waals surface area contributed by atoms with Gasteiger partial charge in [-0.25, -0.2) is 4.98 Å². The first-order valence-electron chi connectivity index (χ1n) is 5.25. The van der Waals surface area contributed by atoms with E-state index in [0.29, 0.717) is 0 Å². The fraction of sp³-hybridized carbons (Fsp3) is 0.636. The van der Waals surface area contributed by atoms with Gasteiger partial charge < -0.3 is 0 Å². The Hall–Kier alpha value is -0.570. The van der Waals surface area contributed by atoms with Crippen LogP contribution in [0.3, 0.4) is 0 Å². The van der Waals surface area contributed by atoms with Crippen LogP contribution in [0.25, 0.3) is 0 Å². The zero-order chi connectivity index (χ0) is 10.2. The average Bonchev–Trinajstić information content (AvgIpc) is 2.20. The van der Waals surface area contributed by atoms with Gasteiger partial charge in [0.25, 0.3) is 0 Å². The van der Waals surface area contributed by atoms with Crippen molar-refractivity contribution in [3.8, 4) is 0 Å². The molecular formula is C11H18N2S. The molecule has 0 unspecified atom stereocenters. The summed E-state index contributed by atoms with van der Waals surface area (Å²) in [5.41, 5.74) is 1.05. The highest BCUT2D eigenvalue weighted by atomic mass is 32.2. The number of thioether (sulfide) groups is 1. The molecule has 0 saturated heterocycles. The predicted molar refractivity (Wildman–Crippen MR) is 61.6 cm³/mol. The Kier molecular flexibility index (Phi) is 5.60. The summed E-state index contributed by atoms with van der Waals surface area (Å²) in [6.45, 7) is 4.25. The Morgan fingerprint density at radius 1 is 1.14 bits per heavy atom. The topological polar surface area (TPSA) is 25.8 Å². The van der Waals surface area contributed by atoms with Crippen LogP contribution < -0.4 is 0 Å². The molecule has 0 aliphatic heterocycles. The van der Waals surface area contributed by atoms with Crippen molar-refractivity contribution in [3.05, 3.63) is 18.1 Å². The maximum atomic E-state index is 4.30. The summed E-state index contributed by atoms with van der Waals surface area (Å²) >= 11 is 1.82. The number of aromatic nitrogens is 2. The molecule has 1 rings (SSSR count). The van der Waals surface area contributed by atoms with Crippen molar-refractivity contribution in [2.75, 3.05) is 5.75 Å². The Morgan fingerprint density at radius 3 is 2.64 bits per heavy atom. The van der Waals surface area contributed by atoms with Gasteiger partial charge in [0, 0.05) is 12.4 Å². The molecule has 2 nitrogen and oxygen atoms in total. The molecule has 0 amide bonds. The number of nitrogens with zero attached hydrogens (tertiary/aromatic N) is 2. The number of unbranched alkanes of at least 4 members (excludes halogenated alkanes) is 3. The summed E-state index contributed by atoms with van der Waals surface area (Å²) in [5.74, 6) is 1.17. The van der Waals surface area contributed by atoms with Crippen LogP contribution in [-0.2, 0) is 0 Å². The molecule has 14 heavy (non-hydrogen) atoms.